The molecule has 1 radical (unpaired) electrons. The first-order valence-corrected chi connectivity index (χ1v) is 2.71. The van der Waals surface area contributed by atoms with E-state index in [1.165, 1.54) is 0 Å². The summed E-state index contributed by atoms with van der Waals surface area (Å²) in [6, 6.07) is 10.3. The molecule has 0 unspecified atom stereocenters. The van der Waals surface area contributed by atoms with Gasteiger partial charge in [-0.2, -0.15) is 5.26 Å². The minimum Gasteiger partial charge on any atom is -0.192 e. The summed E-state index contributed by atoms with van der Waals surface area (Å²) in [5.74, 6) is 0. The van der Waals surface area contributed by atoms with Crippen molar-refractivity contribution in [1.82, 2.24) is 0 Å². The lowest BCUT2D eigenvalue weighted by atomic mass is 10.2. The van der Waals surface area contributed by atoms with E-state index < -0.39 is 0 Å². The summed E-state index contributed by atoms with van der Waals surface area (Å²) < 4.78 is 0. The van der Waals surface area contributed by atoms with E-state index >= 15 is 0 Å². The minimum absolute atomic E-state index is 0.700. The van der Waals surface area contributed by atoms with Gasteiger partial charge in [0.05, 0.1) is 11.6 Å². The summed E-state index contributed by atoms with van der Waals surface area (Å²) in [4.78, 5) is 0. The van der Waals surface area contributed by atoms with E-state index in [1.54, 1.807) is 18.2 Å². The maximum atomic E-state index is 8.40. The highest BCUT2D eigenvalue weighted by atomic mass is 14.2. The maximum absolute atomic E-state index is 8.40. The third kappa shape index (κ3) is 1.30. The second-order valence-corrected chi connectivity index (χ2v) is 1.87. The minimum atomic E-state index is 0.700. The van der Waals surface area contributed by atoms with Crippen molar-refractivity contribution >= 4 is 0 Å². The molecule has 0 amide bonds. The highest BCUT2D eigenvalue weighted by Gasteiger charge is 1.86. The molecule has 0 spiro atoms. The molecule has 0 atom stereocenters. The quantitative estimate of drug-likeness (QED) is 0.505. The van der Waals surface area contributed by atoms with Gasteiger partial charge in [-0.15, -0.1) is 0 Å². The van der Waals surface area contributed by atoms with E-state index in [0.29, 0.717) is 5.56 Å². The van der Waals surface area contributed by atoms with Crippen molar-refractivity contribution in [3.63, 3.8) is 0 Å². The standard InChI is InChI=1S/C8H6N/c1-7-3-2-4-8(5-7)6-9/h2,4-5H,1H3. The van der Waals surface area contributed by atoms with Gasteiger partial charge in [0.1, 0.15) is 0 Å². The van der Waals surface area contributed by atoms with Gasteiger partial charge >= 0.3 is 0 Å². The van der Waals surface area contributed by atoms with Crippen molar-refractivity contribution in [3.8, 4) is 6.07 Å². The van der Waals surface area contributed by atoms with Gasteiger partial charge < -0.3 is 0 Å². The van der Waals surface area contributed by atoms with E-state index in [-0.39, 0.29) is 0 Å². The van der Waals surface area contributed by atoms with Crippen LogP contribution in [0.2, 0.25) is 0 Å². The van der Waals surface area contributed by atoms with Gasteiger partial charge in [-0.1, -0.05) is 6.07 Å². The predicted octanol–water partition coefficient (Wildman–Crippen LogP) is 1.67. The topological polar surface area (TPSA) is 23.8 Å². The summed E-state index contributed by atoms with van der Waals surface area (Å²) in [5, 5.41) is 8.40. The van der Waals surface area contributed by atoms with Crippen LogP contribution in [0.3, 0.4) is 0 Å². The van der Waals surface area contributed by atoms with Crippen molar-refractivity contribution in [2.75, 3.05) is 0 Å². The molecule has 0 N–H and O–H groups in total. The van der Waals surface area contributed by atoms with E-state index in [9.17, 15) is 0 Å². The van der Waals surface area contributed by atoms with E-state index in [2.05, 4.69) is 6.07 Å². The SMILES string of the molecule is Cc1[c]ccc(C#N)c1. The Morgan fingerprint density at radius 1 is 1.67 bits per heavy atom. The molecule has 9 heavy (non-hydrogen) atoms. The average Bonchev–Trinajstić information content (AvgIpc) is 1.88. The van der Waals surface area contributed by atoms with Crippen molar-refractivity contribution in [2.45, 2.75) is 6.92 Å². The molecular formula is C8H6N. The lowest BCUT2D eigenvalue weighted by Crippen LogP contribution is -1.74. The Balaban J connectivity index is 3.12. The van der Waals surface area contributed by atoms with Crippen LogP contribution in [0.5, 0.6) is 0 Å². The number of hydrogen-bond acceptors (Lipinski definition) is 1. The molecule has 1 rings (SSSR count). The maximum Gasteiger partial charge on any atom is 0.0991 e. The number of benzene rings is 1. The normalized spacial score (nSPS) is 8.44. The lowest BCUT2D eigenvalue weighted by Gasteiger charge is -1.87. The summed E-state index contributed by atoms with van der Waals surface area (Å²) in [6.07, 6.45) is 0. The van der Waals surface area contributed by atoms with Crippen LogP contribution in [0.4, 0.5) is 0 Å². The van der Waals surface area contributed by atoms with Gasteiger partial charge in [0.15, 0.2) is 0 Å². The van der Waals surface area contributed by atoms with Crippen molar-refractivity contribution in [2.24, 2.45) is 0 Å². The first-order chi connectivity index (χ1) is 4.33. The fraction of sp³-hybridized carbons (Fsp3) is 0.125. The van der Waals surface area contributed by atoms with Crippen LogP contribution in [0.1, 0.15) is 11.1 Å². The van der Waals surface area contributed by atoms with Gasteiger partial charge in [0.2, 0.25) is 0 Å². The molecule has 0 saturated carbocycles. The van der Waals surface area contributed by atoms with Crippen LogP contribution < -0.4 is 0 Å². The summed E-state index contributed by atoms with van der Waals surface area (Å²) in [7, 11) is 0. The van der Waals surface area contributed by atoms with Crippen LogP contribution >= 0.6 is 0 Å². The third-order valence-electron chi connectivity index (χ3n) is 1.08. The largest absolute Gasteiger partial charge is 0.192 e. The van der Waals surface area contributed by atoms with Gasteiger partial charge in [-0.3, -0.25) is 0 Å². The van der Waals surface area contributed by atoms with Crippen LogP contribution in [0.25, 0.3) is 0 Å². The van der Waals surface area contributed by atoms with Gasteiger partial charge in [0.25, 0.3) is 0 Å². The Morgan fingerprint density at radius 3 is 2.89 bits per heavy atom. The summed E-state index contributed by atoms with van der Waals surface area (Å²) in [6.45, 7) is 1.92. The van der Waals surface area contributed by atoms with Crippen LogP contribution in [0.15, 0.2) is 18.2 Å². The van der Waals surface area contributed by atoms with Crippen LogP contribution in [0, 0.1) is 24.3 Å². The Morgan fingerprint density at radius 2 is 2.44 bits per heavy atom. The second-order valence-electron chi connectivity index (χ2n) is 1.87. The highest BCUT2D eigenvalue weighted by Crippen LogP contribution is 1.99. The zero-order valence-corrected chi connectivity index (χ0v) is 5.18. The zero-order chi connectivity index (χ0) is 6.69. The first kappa shape index (κ1) is 5.84. The van der Waals surface area contributed by atoms with E-state index in [0.717, 1.165) is 5.56 Å². The van der Waals surface area contributed by atoms with E-state index in [4.69, 9.17) is 5.26 Å². The molecule has 0 heterocycles. The molecule has 1 aromatic rings. The molecule has 0 fully saturated rings. The Labute approximate surface area is 54.6 Å². The van der Waals surface area contributed by atoms with Gasteiger partial charge in [-0.05, 0) is 30.7 Å². The van der Waals surface area contributed by atoms with Crippen molar-refractivity contribution in [3.05, 3.63) is 35.4 Å². The van der Waals surface area contributed by atoms with Crippen molar-refractivity contribution < 1.29 is 0 Å². The van der Waals surface area contributed by atoms with Gasteiger partial charge in [-0.25, -0.2) is 0 Å². The molecule has 1 heteroatoms. The zero-order valence-electron chi connectivity index (χ0n) is 5.18. The fourth-order valence-electron chi connectivity index (χ4n) is 0.655. The van der Waals surface area contributed by atoms with Crippen molar-refractivity contribution in [1.29, 1.82) is 5.26 Å². The first-order valence-electron chi connectivity index (χ1n) is 2.71. The molecule has 0 aliphatic heterocycles. The Kier molecular flexibility index (Phi) is 1.51. The van der Waals surface area contributed by atoms with E-state index in [1.807, 2.05) is 13.0 Å². The smallest absolute Gasteiger partial charge is 0.0991 e. The number of aryl methyl sites for hydroxylation is 1. The molecule has 0 aliphatic carbocycles. The summed E-state index contributed by atoms with van der Waals surface area (Å²) in [5.41, 5.74) is 1.71. The number of hydrogen-bond donors (Lipinski definition) is 0. The molecule has 43 valence electrons. The Hall–Kier alpha value is -1.29. The molecular weight excluding hydrogens is 110 g/mol. The molecule has 1 aromatic carbocycles. The van der Waals surface area contributed by atoms with Crippen LogP contribution in [-0.2, 0) is 0 Å². The van der Waals surface area contributed by atoms with Gasteiger partial charge in [0, 0.05) is 0 Å². The molecule has 0 saturated heterocycles. The molecule has 0 aromatic heterocycles. The Bertz CT molecular complexity index is 245. The third-order valence-corrected chi connectivity index (χ3v) is 1.08. The monoisotopic (exact) mass is 116 g/mol. The van der Waals surface area contributed by atoms with Crippen LogP contribution in [-0.4, -0.2) is 0 Å². The number of rotatable bonds is 0. The summed E-state index contributed by atoms with van der Waals surface area (Å²) >= 11 is 0. The number of nitrogens with zero attached hydrogens (tertiary/aromatic N) is 1. The molecule has 0 bridgehead atoms. The average molecular weight is 116 g/mol. The second kappa shape index (κ2) is 2.32. The highest BCUT2D eigenvalue weighted by molar-refractivity contribution is 5.31. The molecule has 1 nitrogen and oxygen atoms in total. The number of nitriles is 1. The lowest BCUT2D eigenvalue weighted by molar-refractivity contribution is 1.41. The molecule has 0 aliphatic rings. The predicted molar refractivity (Wildman–Crippen MR) is 34.7 cm³/mol. The fourth-order valence-corrected chi connectivity index (χ4v) is 0.655.